The first-order chi connectivity index (χ1) is 7.58. The van der Waals surface area contributed by atoms with E-state index in [2.05, 4.69) is 43.1 Å². The first-order valence-electron chi connectivity index (χ1n) is 6.68. The van der Waals surface area contributed by atoms with E-state index in [9.17, 15) is 0 Å². The molecule has 0 aromatic rings. The number of rotatable bonds is 7. The highest BCUT2D eigenvalue weighted by Crippen LogP contribution is 2.08. The van der Waals surface area contributed by atoms with Gasteiger partial charge in [-0.3, -0.25) is 0 Å². The van der Waals surface area contributed by atoms with Crippen molar-refractivity contribution in [2.75, 3.05) is 46.8 Å². The molecule has 1 N–H and O–H groups in total. The molecule has 1 aliphatic rings. The van der Waals surface area contributed by atoms with E-state index in [0.29, 0.717) is 0 Å². The van der Waals surface area contributed by atoms with Gasteiger partial charge in [0.1, 0.15) is 0 Å². The minimum absolute atomic E-state index is 0.737. The van der Waals surface area contributed by atoms with Gasteiger partial charge in [-0.05, 0) is 39.4 Å². The fourth-order valence-electron chi connectivity index (χ4n) is 2.34. The van der Waals surface area contributed by atoms with E-state index in [4.69, 9.17) is 0 Å². The van der Waals surface area contributed by atoms with Crippen LogP contribution in [0.2, 0.25) is 0 Å². The van der Waals surface area contributed by atoms with Gasteiger partial charge in [0.05, 0.1) is 0 Å². The van der Waals surface area contributed by atoms with E-state index >= 15 is 0 Å². The quantitative estimate of drug-likeness (QED) is 0.706. The summed E-state index contributed by atoms with van der Waals surface area (Å²) < 4.78 is 0. The van der Waals surface area contributed by atoms with Gasteiger partial charge in [-0.2, -0.15) is 0 Å². The number of nitrogens with zero attached hydrogens (tertiary/aromatic N) is 2. The lowest BCUT2D eigenvalue weighted by molar-refractivity contribution is 0.203. The number of nitrogens with one attached hydrogen (secondary N) is 1. The van der Waals surface area contributed by atoms with Crippen LogP contribution >= 0.6 is 0 Å². The van der Waals surface area contributed by atoms with Gasteiger partial charge in [0, 0.05) is 32.2 Å². The highest BCUT2D eigenvalue weighted by atomic mass is 15.2. The second-order valence-electron chi connectivity index (χ2n) is 5.75. The van der Waals surface area contributed by atoms with Crippen LogP contribution in [0.25, 0.3) is 0 Å². The molecule has 0 aromatic heterocycles. The van der Waals surface area contributed by atoms with Gasteiger partial charge in [0.15, 0.2) is 0 Å². The zero-order chi connectivity index (χ0) is 12.0. The molecule has 16 heavy (non-hydrogen) atoms. The molecule has 3 heteroatoms. The van der Waals surface area contributed by atoms with Crippen molar-refractivity contribution in [1.82, 2.24) is 15.1 Å². The fraction of sp³-hybridized carbons (Fsp3) is 1.00. The lowest BCUT2D eigenvalue weighted by Gasteiger charge is -2.28. The van der Waals surface area contributed by atoms with Gasteiger partial charge in [0.25, 0.3) is 0 Å². The van der Waals surface area contributed by atoms with Crippen molar-refractivity contribution in [3.05, 3.63) is 0 Å². The average Bonchev–Trinajstić information content (AvgIpc) is 2.66. The smallest absolute Gasteiger partial charge is 0.0195 e. The number of likely N-dealkylation sites (N-methyl/N-ethyl adjacent to an activating group) is 1. The molecule has 1 atom stereocenters. The Morgan fingerprint density at radius 3 is 2.50 bits per heavy atom. The molecule has 0 amide bonds. The lowest BCUT2D eigenvalue weighted by atomic mass is 10.1. The minimum Gasteiger partial charge on any atom is -0.313 e. The Morgan fingerprint density at radius 1 is 1.25 bits per heavy atom. The Labute approximate surface area is 101 Å². The van der Waals surface area contributed by atoms with Crippen molar-refractivity contribution < 1.29 is 0 Å². The summed E-state index contributed by atoms with van der Waals surface area (Å²) in [6, 6.07) is 0.737. The van der Waals surface area contributed by atoms with E-state index < -0.39 is 0 Å². The van der Waals surface area contributed by atoms with E-state index in [1.54, 1.807) is 0 Å². The van der Waals surface area contributed by atoms with Crippen LogP contribution in [0.5, 0.6) is 0 Å². The third-order valence-corrected chi connectivity index (χ3v) is 3.13. The first kappa shape index (κ1) is 13.9. The third-order valence-electron chi connectivity index (χ3n) is 3.13. The summed E-state index contributed by atoms with van der Waals surface area (Å²) in [4.78, 5) is 4.89. The van der Waals surface area contributed by atoms with Crippen LogP contribution in [0.15, 0.2) is 0 Å². The van der Waals surface area contributed by atoms with Crippen LogP contribution in [0, 0.1) is 5.92 Å². The average molecular weight is 227 g/mol. The molecular formula is C13H29N3. The van der Waals surface area contributed by atoms with Crippen LogP contribution in [0.1, 0.15) is 26.7 Å². The summed E-state index contributed by atoms with van der Waals surface area (Å²) in [5, 5.41) is 3.59. The van der Waals surface area contributed by atoms with Crippen LogP contribution in [0.3, 0.4) is 0 Å². The molecule has 0 bridgehead atoms. The molecule has 1 fully saturated rings. The van der Waals surface area contributed by atoms with Gasteiger partial charge >= 0.3 is 0 Å². The Bertz CT molecular complexity index is 174. The van der Waals surface area contributed by atoms with Crippen molar-refractivity contribution in [2.45, 2.75) is 32.7 Å². The standard InChI is InChI=1S/C13H29N3/c1-12(2)10-16(9-8-15(3)4)11-13-6-5-7-14-13/h12-14H,5-11H2,1-4H3/t13-/m0/s1. The molecule has 0 aliphatic carbocycles. The van der Waals surface area contributed by atoms with Gasteiger partial charge in [-0.1, -0.05) is 13.8 Å². The molecular weight excluding hydrogens is 198 g/mol. The molecule has 0 radical (unpaired) electrons. The maximum Gasteiger partial charge on any atom is 0.0195 e. The fourth-order valence-corrected chi connectivity index (χ4v) is 2.34. The molecule has 0 spiro atoms. The molecule has 3 nitrogen and oxygen atoms in total. The van der Waals surface area contributed by atoms with Crippen LogP contribution in [-0.2, 0) is 0 Å². The largest absolute Gasteiger partial charge is 0.313 e. The predicted molar refractivity (Wildman–Crippen MR) is 70.9 cm³/mol. The highest BCUT2D eigenvalue weighted by Gasteiger charge is 2.18. The molecule has 96 valence electrons. The summed E-state index contributed by atoms with van der Waals surface area (Å²) in [6.07, 6.45) is 2.71. The van der Waals surface area contributed by atoms with Crippen LogP contribution < -0.4 is 5.32 Å². The van der Waals surface area contributed by atoms with Gasteiger partial charge in [0.2, 0.25) is 0 Å². The predicted octanol–water partition coefficient (Wildman–Crippen LogP) is 1.26. The Morgan fingerprint density at radius 2 is 2.00 bits per heavy atom. The lowest BCUT2D eigenvalue weighted by Crippen LogP contribution is -2.42. The molecule has 0 saturated carbocycles. The minimum atomic E-state index is 0.737. The first-order valence-corrected chi connectivity index (χ1v) is 6.68. The Hall–Kier alpha value is -0.120. The SMILES string of the molecule is CC(C)CN(CCN(C)C)C[C@@H]1CCCN1. The maximum atomic E-state index is 3.59. The summed E-state index contributed by atoms with van der Waals surface area (Å²) in [5.41, 5.74) is 0. The van der Waals surface area contributed by atoms with Gasteiger partial charge in [-0.15, -0.1) is 0 Å². The van der Waals surface area contributed by atoms with E-state index in [1.165, 1.54) is 45.6 Å². The molecule has 1 rings (SSSR count). The van der Waals surface area contributed by atoms with Gasteiger partial charge < -0.3 is 15.1 Å². The van der Waals surface area contributed by atoms with Gasteiger partial charge in [-0.25, -0.2) is 0 Å². The molecule has 0 aromatic carbocycles. The Kier molecular flexibility index (Phi) is 6.32. The second-order valence-corrected chi connectivity index (χ2v) is 5.75. The van der Waals surface area contributed by atoms with Crippen LogP contribution in [0.4, 0.5) is 0 Å². The third kappa shape index (κ3) is 5.83. The zero-order valence-corrected chi connectivity index (χ0v) is 11.5. The number of hydrogen-bond donors (Lipinski definition) is 1. The highest BCUT2D eigenvalue weighted by molar-refractivity contribution is 4.78. The zero-order valence-electron chi connectivity index (χ0n) is 11.5. The molecule has 0 unspecified atom stereocenters. The topological polar surface area (TPSA) is 18.5 Å². The summed E-state index contributed by atoms with van der Waals surface area (Å²) >= 11 is 0. The number of hydrogen-bond acceptors (Lipinski definition) is 3. The summed E-state index contributed by atoms with van der Waals surface area (Å²) in [6.45, 7) is 10.7. The summed E-state index contributed by atoms with van der Waals surface area (Å²) in [5.74, 6) is 0.767. The van der Waals surface area contributed by atoms with E-state index in [1.807, 2.05) is 0 Å². The van der Waals surface area contributed by atoms with Crippen LogP contribution in [-0.4, -0.2) is 62.7 Å². The van der Waals surface area contributed by atoms with Crippen molar-refractivity contribution >= 4 is 0 Å². The summed E-state index contributed by atoms with van der Waals surface area (Å²) in [7, 11) is 4.31. The second kappa shape index (κ2) is 7.25. The van der Waals surface area contributed by atoms with Crippen molar-refractivity contribution in [1.29, 1.82) is 0 Å². The Balaban J connectivity index is 2.29. The van der Waals surface area contributed by atoms with E-state index in [0.717, 1.165) is 12.0 Å². The van der Waals surface area contributed by atoms with Crippen molar-refractivity contribution in [3.63, 3.8) is 0 Å². The maximum absolute atomic E-state index is 3.59. The van der Waals surface area contributed by atoms with Crippen molar-refractivity contribution in [2.24, 2.45) is 5.92 Å². The molecule has 1 saturated heterocycles. The van der Waals surface area contributed by atoms with E-state index in [-0.39, 0.29) is 0 Å². The monoisotopic (exact) mass is 227 g/mol. The normalized spacial score (nSPS) is 21.6. The molecule has 1 aliphatic heterocycles. The molecule has 1 heterocycles. The van der Waals surface area contributed by atoms with Crippen molar-refractivity contribution in [3.8, 4) is 0 Å².